The number of aryl methyl sites for hydroxylation is 1. The number of piperazine rings is 1. The van der Waals surface area contributed by atoms with Gasteiger partial charge in [0.25, 0.3) is 0 Å². The summed E-state index contributed by atoms with van der Waals surface area (Å²) in [5, 5.41) is 9.65. The number of anilines is 2. The van der Waals surface area contributed by atoms with E-state index in [1.165, 1.54) is 0 Å². The highest BCUT2D eigenvalue weighted by Gasteiger charge is 2.28. The van der Waals surface area contributed by atoms with E-state index in [4.69, 9.17) is 0 Å². The predicted molar refractivity (Wildman–Crippen MR) is 90.6 cm³/mol. The molecule has 6 heteroatoms. The number of aromatic nitrogens is 2. The van der Waals surface area contributed by atoms with Gasteiger partial charge in [-0.3, -0.25) is 4.90 Å². The standard InChI is InChI=1S/C16H29N5O/c1-6-14-11-21(8-7-20(14)10-13(3)22)16-17-12(2)9-15(18-16)19(4)5/h9,13-14,22H,6-8,10-11H2,1-5H3/t13-,14-/m0/s1. The quantitative estimate of drug-likeness (QED) is 0.880. The molecule has 0 saturated carbocycles. The molecule has 0 aliphatic carbocycles. The summed E-state index contributed by atoms with van der Waals surface area (Å²) in [6, 6.07) is 2.44. The minimum atomic E-state index is -0.281. The van der Waals surface area contributed by atoms with Crippen molar-refractivity contribution >= 4 is 11.8 Å². The van der Waals surface area contributed by atoms with Crippen LogP contribution in [-0.4, -0.2) is 72.4 Å². The third-order valence-electron chi connectivity index (χ3n) is 4.14. The Morgan fingerprint density at radius 1 is 1.36 bits per heavy atom. The van der Waals surface area contributed by atoms with Crippen molar-refractivity contribution in [2.24, 2.45) is 0 Å². The van der Waals surface area contributed by atoms with Crippen molar-refractivity contribution in [1.29, 1.82) is 0 Å². The maximum absolute atomic E-state index is 9.65. The number of hydrogen-bond donors (Lipinski definition) is 1. The lowest BCUT2D eigenvalue weighted by Gasteiger charge is -2.41. The van der Waals surface area contributed by atoms with E-state index < -0.39 is 0 Å². The first-order valence-electron chi connectivity index (χ1n) is 8.10. The third-order valence-corrected chi connectivity index (χ3v) is 4.14. The largest absolute Gasteiger partial charge is 0.392 e. The zero-order chi connectivity index (χ0) is 16.3. The number of aliphatic hydroxyl groups is 1. The van der Waals surface area contributed by atoms with Gasteiger partial charge in [-0.05, 0) is 20.3 Å². The highest BCUT2D eigenvalue weighted by atomic mass is 16.3. The molecule has 0 radical (unpaired) electrons. The fourth-order valence-corrected chi connectivity index (χ4v) is 2.95. The molecule has 0 bridgehead atoms. The summed E-state index contributed by atoms with van der Waals surface area (Å²) in [4.78, 5) is 16.0. The van der Waals surface area contributed by atoms with Crippen LogP contribution in [0.1, 0.15) is 26.0 Å². The summed E-state index contributed by atoms with van der Waals surface area (Å²) in [6.45, 7) is 9.57. The van der Waals surface area contributed by atoms with Crippen molar-refractivity contribution in [1.82, 2.24) is 14.9 Å². The molecule has 124 valence electrons. The Labute approximate surface area is 133 Å². The van der Waals surface area contributed by atoms with Crippen LogP contribution in [-0.2, 0) is 0 Å². The zero-order valence-corrected chi connectivity index (χ0v) is 14.5. The zero-order valence-electron chi connectivity index (χ0n) is 14.5. The maximum atomic E-state index is 9.65. The summed E-state index contributed by atoms with van der Waals surface area (Å²) in [6.07, 6.45) is 0.784. The molecule has 1 aliphatic heterocycles. The van der Waals surface area contributed by atoms with Gasteiger partial charge in [-0.2, -0.15) is 4.98 Å². The third kappa shape index (κ3) is 4.08. The Kier molecular flexibility index (Phi) is 5.58. The molecule has 6 nitrogen and oxygen atoms in total. The minimum absolute atomic E-state index is 0.281. The number of rotatable bonds is 5. The second-order valence-corrected chi connectivity index (χ2v) is 6.41. The Morgan fingerprint density at radius 2 is 2.09 bits per heavy atom. The van der Waals surface area contributed by atoms with Crippen LogP contribution in [0.3, 0.4) is 0 Å². The van der Waals surface area contributed by atoms with Gasteiger partial charge in [0.2, 0.25) is 5.95 Å². The average molecular weight is 307 g/mol. The second-order valence-electron chi connectivity index (χ2n) is 6.41. The fourth-order valence-electron chi connectivity index (χ4n) is 2.95. The Bertz CT molecular complexity index is 491. The SMILES string of the molecule is CC[C@H]1CN(c2nc(C)cc(N(C)C)n2)CCN1C[C@H](C)O. The molecule has 0 unspecified atom stereocenters. The van der Waals surface area contributed by atoms with Gasteiger partial charge in [-0.15, -0.1) is 0 Å². The lowest BCUT2D eigenvalue weighted by atomic mass is 10.1. The van der Waals surface area contributed by atoms with Crippen molar-refractivity contribution in [3.63, 3.8) is 0 Å². The van der Waals surface area contributed by atoms with E-state index in [1.54, 1.807) is 0 Å². The minimum Gasteiger partial charge on any atom is -0.392 e. The number of hydrogen-bond acceptors (Lipinski definition) is 6. The van der Waals surface area contributed by atoms with E-state index in [9.17, 15) is 5.11 Å². The van der Waals surface area contributed by atoms with Crippen molar-refractivity contribution in [2.45, 2.75) is 39.3 Å². The molecule has 1 aromatic rings. The number of nitrogens with zero attached hydrogens (tertiary/aromatic N) is 5. The van der Waals surface area contributed by atoms with E-state index in [0.29, 0.717) is 6.04 Å². The molecule has 22 heavy (non-hydrogen) atoms. The molecule has 2 rings (SSSR count). The fraction of sp³-hybridized carbons (Fsp3) is 0.750. The van der Waals surface area contributed by atoms with E-state index in [1.807, 2.05) is 38.9 Å². The molecular formula is C16H29N5O. The van der Waals surface area contributed by atoms with Gasteiger partial charge < -0.3 is 14.9 Å². The molecular weight excluding hydrogens is 278 g/mol. The smallest absolute Gasteiger partial charge is 0.227 e. The average Bonchev–Trinajstić information content (AvgIpc) is 2.46. The van der Waals surface area contributed by atoms with Crippen LogP contribution in [0.4, 0.5) is 11.8 Å². The lowest BCUT2D eigenvalue weighted by Crippen LogP contribution is -2.55. The monoisotopic (exact) mass is 307 g/mol. The molecule has 1 N–H and O–H groups in total. The van der Waals surface area contributed by atoms with Crippen molar-refractivity contribution in [2.75, 3.05) is 50.1 Å². The summed E-state index contributed by atoms with van der Waals surface area (Å²) in [5.41, 5.74) is 0.994. The Hall–Kier alpha value is -1.40. The van der Waals surface area contributed by atoms with E-state index in [0.717, 1.165) is 50.1 Å². The number of β-amino-alcohol motifs (C(OH)–C–C–N with tert-alkyl or cyclic N) is 1. The van der Waals surface area contributed by atoms with E-state index >= 15 is 0 Å². The first-order chi connectivity index (χ1) is 10.4. The topological polar surface area (TPSA) is 55.7 Å². The van der Waals surface area contributed by atoms with E-state index in [-0.39, 0.29) is 6.10 Å². The van der Waals surface area contributed by atoms with Gasteiger partial charge in [-0.1, -0.05) is 6.92 Å². The molecule has 1 aromatic heterocycles. The van der Waals surface area contributed by atoms with Gasteiger partial charge in [0.1, 0.15) is 5.82 Å². The van der Waals surface area contributed by atoms with Crippen LogP contribution in [0.25, 0.3) is 0 Å². The van der Waals surface area contributed by atoms with Crippen molar-refractivity contribution in [3.05, 3.63) is 11.8 Å². The first kappa shape index (κ1) is 17.0. The summed E-state index contributed by atoms with van der Waals surface area (Å²) in [7, 11) is 4.00. The van der Waals surface area contributed by atoms with Crippen LogP contribution < -0.4 is 9.80 Å². The van der Waals surface area contributed by atoms with Gasteiger partial charge >= 0.3 is 0 Å². The summed E-state index contributed by atoms with van der Waals surface area (Å²) in [5.74, 6) is 1.76. The molecule has 0 aromatic carbocycles. The van der Waals surface area contributed by atoms with Crippen LogP contribution in [0.2, 0.25) is 0 Å². The van der Waals surface area contributed by atoms with Crippen molar-refractivity contribution < 1.29 is 5.11 Å². The van der Waals surface area contributed by atoms with Gasteiger partial charge in [0.15, 0.2) is 0 Å². The number of aliphatic hydroxyl groups excluding tert-OH is 1. The van der Waals surface area contributed by atoms with Crippen LogP contribution in [0.15, 0.2) is 6.07 Å². The lowest BCUT2D eigenvalue weighted by molar-refractivity contribution is 0.0882. The normalized spacial score (nSPS) is 21.0. The van der Waals surface area contributed by atoms with Gasteiger partial charge in [-0.25, -0.2) is 4.98 Å². The predicted octanol–water partition coefficient (Wildman–Crippen LogP) is 1.13. The van der Waals surface area contributed by atoms with Gasteiger partial charge in [0.05, 0.1) is 6.10 Å². The summed E-state index contributed by atoms with van der Waals surface area (Å²) < 4.78 is 0. The van der Waals surface area contributed by atoms with E-state index in [2.05, 4.69) is 26.7 Å². The highest BCUT2D eigenvalue weighted by Crippen LogP contribution is 2.20. The van der Waals surface area contributed by atoms with Crippen LogP contribution in [0, 0.1) is 6.92 Å². The molecule has 1 aliphatic rings. The second kappa shape index (κ2) is 7.24. The van der Waals surface area contributed by atoms with Crippen molar-refractivity contribution in [3.8, 4) is 0 Å². The molecule has 2 heterocycles. The Balaban J connectivity index is 2.14. The van der Waals surface area contributed by atoms with Crippen LogP contribution >= 0.6 is 0 Å². The highest BCUT2D eigenvalue weighted by molar-refractivity contribution is 5.45. The Morgan fingerprint density at radius 3 is 2.68 bits per heavy atom. The summed E-state index contributed by atoms with van der Waals surface area (Å²) >= 11 is 0. The maximum Gasteiger partial charge on any atom is 0.227 e. The van der Waals surface area contributed by atoms with Gasteiger partial charge in [0, 0.05) is 58.1 Å². The molecule has 1 saturated heterocycles. The molecule has 2 atom stereocenters. The molecule has 1 fully saturated rings. The molecule has 0 spiro atoms. The van der Waals surface area contributed by atoms with Crippen LogP contribution in [0.5, 0.6) is 0 Å². The molecule has 0 amide bonds. The first-order valence-corrected chi connectivity index (χ1v) is 8.10.